The number of fused-ring (bicyclic) bond motifs is 1. The van der Waals surface area contributed by atoms with Crippen molar-refractivity contribution in [1.82, 2.24) is 9.97 Å². The SMILES string of the molecule is Fc1ccc(Sc2ncnc3c(Br)csc23)cc1. The second kappa shape index (κ2) is 4.95. The number of thiophene rings is 1. The lowest BCUT2D eigenvalue weighted by molar-refractivity contribution is 0.626. The van der Waals surface area contributed by atoms with E-state index in [0.29, 0.717) is 0 Å². The smallest absolute Gasteiger partial charge is 0.123 e. The first-order chi connectivity index (χ1) is 8.74. The lowest BCUT2D eigenvalue weighted by atomic mass is 10.4. The van der Waals surface area contributed by atoms with Gasteiger partial charge >= 0.3 is 0 Å². The molecular formula is C12H6BrFN2S2. The predicted molar refractivity (Wildman–Crippen MR) is 75.6 cm³/mol. The monoisotopic (exact) mass is 340 g/mol. The second-order valence-electron chi connectivity index (χ2n) is 3.50. The van der Waals surface area contributed by atoms with Crippen molar-refractivity contribution in [2.24, 2.45) is 0 Å². The van der Waals surface area contributed by atoms with Crippen LogP contribution in [0.2, 0.25) is 0 Å². The number of aromatic nitrogens is 2. The van der Waals surface area contributed by atoms with Crippen LogP contribution in [0.3, 0.4) is 0 Å². The van der Waals surface area contributed by atoms with Crippen molar-refractivity contribution in [1.29, 1.82) is 0 Å². The minimum atomic E-state index is -0.231. The Kier molecular flexibility index (Phi) is 3.32. The van der Waals surface area contributed by atoms with Crippen molar-refractivity contribution in [3.05, 3.63) is 46.3 Å². The largest absolute Gasteiger partial charge is 0.234 e. The summed E-state index contributed by atoms with van der Waals surface area (Å²) in [4.78, 5) is 9.48. The molecule has 0 saturated carbocycles. The standard InChI is InChI=1S/C12H6BrFN2S2/c13-9-5-17-11-10(9)15-6-16-12(11)18-8-3-1-7(14)2-4-8/h1-6H. The zero-order valence-corrected chi connectivity index (χ0v) is 12.1. The van der Waals surface area contributed by atoms with Crippen LogP contribution in [0, 0.1) is 5.82 Å². The van der Waals surface area contributed by atoms with Crippen molar-refractivity contribution in [2.45, 2.75) is 9.92 Å². The molecule has 0 bridgehead atoms. The highest BCUT2D eigenvalue weighted by Gasteiger charge is 2.10. The summed E-state index contributed by atoms with van der Waals surface area (Å²) < 4.78 is 14.9. The highest BCUT2D eigenvalue weighted by atomic mass is 79.9. The maximum atomic E-state index is 12.8. The topological polar surface area (TPSA) is 25.8 Å². The predicted octanol–water partition coefficient (Wildman–Crippen LogP) is 4.74. The number of benzene rings is 1. The summed E-state index contributed by atoms with van der Waals surface area (Å²) in [6.07, 6.45) is 1.55. The highest BCUT2D eigenvalue weighted by molar-refractivity contribution is 9.10. The molecule has 0 unspecified atom stereocenters. The minimum absolute atomic E-state index is 0.231. The maximum Gasteiger partial charge on any atom is 0.123 e. The van der Waals surface area contributed by atoms with Crippen LogP contribution in [-0.4, -0.2) is 9.97 Å². The number of nitrogens with zero attached hydrogens (tertiary/aromatic N) is 2. The van der Waals surface area contributed by atoms with E-state index in [1.54, 1.807) is 29.8 Å². The van der Waals surface area contributed by atoms with Crippen LogP contribution in [0.25, 0.3) is 10.2 Å². The second-order valence-corrected chi connectivity index (χ2v) is 6.29. The third-order valence-corrected chi connectivity index (χ3v) is 5.33. The first kappa shape index (κ1) is 12.1. The summed E-state index contributed by atoms with van der Waals surface area (Å²) >= 11 is 6.56. The molecule has 2 nitrogen and oxygen atoms in total. The van der Waals surface area contributed by atoms with Crippen molar-refractivity contribution in [2.75, 3.05) is 0 Å². The zero-order valence-electron chi connectivity index (χ0n) is 8.93. The Labute approximate surface area is 119 Å². The van der Waals surface area contributed by atoms with Gasteiger partial charge in [-0.15, -0.1) is 11.3 Å². The fraction of sp³-hybridized carbons (Fsp3) is 0. The van der Waals surface area contributed by atoms with Crippen LogP contribution in [0.15, 0.2) is 50.4 Å². The summed E-state index contributed by atoms with van der Waals surface area (Å²) in [5.41, 5.74) is 0.916. The van der Waals surface area contributed by atoms with Crippen LogP contribution < -0.4 is 0 Å². The first-order valence-electron chi connectivity index (χ1n) is 5.05. The molecule has 0 aliphatic carbocycles. The van der Waals surface area contributed by atoms with Gasteiger partial charge in [0.25, 0.3) is 0 Å². The van der Waals surface area contributed by atoms with Crippen LogP contribution >= 0.6 is 39.0 Å². The van der Waals surface area contributed by atoms with Gasteiger partial charge in [-0.1, -0.05) is 11.8 Å². The highest BCUT2D eigenvalue weighted by Crippen LogP contribution is 2.37. The Morgan fingerprint density at radius 1 is 1.17 bits per heavy atom. The number of hydrogen-bond donors (Lipinski definition) is 0. The Morgan fingerprint density at radius 3 is 2.72 bits per heavy atom. The molecule has 0 atom stereocenters. The van der Waals surface area contributed by atoms with Crippen LogP contribution in [-0.2, 0) is 0 Å². The Bertz CT molecular complexity index is 697. The number of rotatable bonds is 2. The van der Waals surface area contributed by atoms with E-state index >= 15 is 0 Å². The van der Waals surface area contributed by atoms with E-state index < -0.39 is 0 Å². The summed E-state index contributed by atoms with van der Waals surface area (Å²) in [5.74, 6) is -0.231. The fourth-order valence-corrected chi connectivity index (χ4v) is 4.01. The van der Waals surface area contributed by atoms with Crippen molar-refractivity contribution >= 4 is 49.2 Å². The van der Waals surface area contributed by atoms with Crippen LogP contribution in [0.4, 0.5) is 4.39 Å². The van der Waals surface area contributed by atoms with Gasteiger partial charge in [0.05, 0.1) is 14.7 Å². The summed E-state index contributed by atoms with van der Waals surface area (Å²) in [5, 5.41) is 2.89. The molecule has 2 heterocycles. The zero-order chi connectivity index (χ0) is 12.5. The average molecular weight is 341 g/mol. The number of hydrogen-bond acceptors (Lipinski definition) is 4. The van der Waals surface area contributed by atoms with Crippen LogP contribution in [0.1, 0.15) is 0 Å². The third kappa shape index (κ3) is 2.28. The van der Waals surface area contributed by atoms with E-state index in [0.717, 1.165) is 24.6 Å². The fourth-order valence-electron chi connectivity index (χ4n) is 1.49. The average Bonchev–Trinajstić information content (AvgIpc) is 2.76. The van der Waals surface area contributed by atoms with E-state index in [9.17, 15) is 4.39 Å². The molecule has 0 N–H and O–H groups in total. The Morgan fingerprint density at radius 2 is 1.94 bits per heavy atom. The Balaban J connectivity index is 2.02. The van der Waals surface area contributed by atoms with Gasteiger partial charge in [-0.2, -0.15) is 0 Å². The van der Waals surface area contributed by atoms with Gasteiger partial charge in [-0.05, 0) is 40.2 Å². The summed E-state index contributed by atoms with van der Waals surface area (Å²) in [7, 11) is 0. The molecule has 2 aromatic heterocycles. The van der Waals surface area contributed by atoms with E-state index in [2.05, 4.69) is 25.9 Å². The normalized spacial score (nSPS) is 11.0. The molecule has 0 aliphatic rings. The van der Waals surface area contributed by atoms with Gasteiger partial charge in [0.2, 0.25) is 0 Å². The molecule has 0 saturated heterocycles. The maximum absolute atomic E-state index is 12.8. The van der Waals surface area contributed by atoms with E-state index in [-0.39, 0.29) is 5.82 Å². The Hall–Kier alpha value is -0.980. The molecule has 18 heavy (non-hydrogen) atoms. The quantitative estimate of drug-likeness (QED) is 0.630. The molecule has 1 aromatic carbocycles. The summed E-state index contributed by atoms with van der Waals surface area (Å²) in [6, 6.07) is 6.39. The van der Waals surface area contributed by atoms with Gasteiger partial charge in [0.1, 0.15) is 17.2 Å². The first-order valence-corrected chi connectivity index (χ1v) is 7.54. The van der Waals surface area contributed by atoms with Gasteiger partial charge in [0.15, 0.2) is 0 Å². The van der Waals surface area contributed by atoms with Gasteiger partial charge in [0, 0.05) is 10.3 Å². The van der Waals surface area contributed by atoms with E-state index in [4.69, 9.17) is 0 Å². The molecule has 0 fully saturated rings. The molecule has 0 radical (unpaired) electrons. The molecule has 3 rings (SSSR count). The third-order valence-electron chi connectivity index (χ3n) is 2.31. The lowest BCUT2D eigenvalue weighted by Gasteiger charge is -2.01. The molecule has 0 aliphatic heterocycles. The van der Waals surface area contributed by atoms with E-state index in [1.807, 2.05) is 5.38 Å². The molecule has 6 heteroatoms. The van der Waals surface area contributed by atoms with E-state index in [1.165, 1.54) is 23.9 Å². The van der Waals surface area contributed by atoms with Crippen molar-refractivity contribution < 1.29 is 4.39 Å². The van der Waals surface area contributed by atoms with Crippen LogP contribution in [0.5, 0.6) is 0 Å². The number of halogens is 2. The lowest BCUT2D eigenvalue weighted by Crippen LogP contribution is -1.83. The summed E-state index contributed by atoms with van der Waals surface area (Å²) in [6.45, 7) is 0. The van der Waals surface area contributed by atoms with Crippen molar-refractivity contribution in [3.8, 4) is 0 Å². The van der Waals surface area contributed by atoms with Gasteiger partial charge in [-0.3, -0.25) is 0 Å². The van der Waals surface area contributed by atoms with Gasteiger partial charge in [-0.25, -0.2) is 14.4 Å². The molecule has 90 valence electrons. The molecule has 0 amide bonds. The molecular weight excluding hydrogens is 335 g/mol. The van der Waals surface area contributed by atoms with Gasteiger partial charge < -0.3 is 0 Å². The van der Waals surface area contributed by atoms with Crippen molar-refractivity contribution in [3.63, 3.8) is 0 Å². The minimum Gasteiger partial charge on any atom is -0.234 e. The molecule has 0 spiro atoms. The molecule has 3 aromatic rings.